The van der Waals surface area contributed by atoms with Crippen molar-refractivity contribution in [1.29, 1.82) is 0 Å². The molecule has 1 aliphatic rings. The summed E-state index contributed by atoms with van der Waals surface area (Å²) < 4.78 is 49.3. The van der Waals surface area contributed by atoms with Gasteiger partial charge < -0.3 is 19.9 Å². The standard InChI is InChI=1S/C21H23F3N6O2/c1-32-15-5-3-14(4-6-15)16-11-18(21(22,23)24)30-19(27-16)12-17(28-30)20(31)26-7-2-9-29-10-8-25-13-29/h3-6,8,10,12-13,16,18,27H,2,7,9,11H2,1H3,(H,26,31)/t16-,18-/m0/s1. The molecule has 2 atom stereocenters. The summed E-state index contributed by atoms with van der Waals surface area (Å²) in [5.74, 6) is 0.262. The van der Waals surface area contributed by atoms with E-state index in [0.29, 0.717) is 30.8 Å². The number of ether oxygens (including phenoxy) is 1. The van der Waals surface area contributed by atoms with E-state index in [-0.39, 0.29) is 17.9 Å². The predicted octanol–water partition coefficient (Wildman–Crippen LogP) is 3.57. The summed E-state index contributed by atoms with van der Waals surface area (Å²) in [6.07, 6.45) is 1.06. The molecule has 3 heterocycles. The average molecular weight is 448 g/mol. The Bertz CT molecular complexity index is 1050. The quantitative estimate of drug-likeness (QED) is 0.540. The normalized spacial score (nSPS) is 18.0. The van der Waals surface area contributed by atoms with Crippen molar-refractivity contribution in [3.8, 4) is 5.75 Å². The van der Waals surface area contributed by atoms with Gasteiger partial charge in [0.2, 0.25) is 0 Å². The van der Waals surface area contributed by atoms with Crippen LogP contribution in [0.5, 0.6) is 5.75 Å². The van der Waals surface area contributed by atoms with Crippen LogP contribution in [0.1, 0.15) is 41.0 Å². The zero-order valence-corrected chi connectivity index (χ0v) is 17.3. The Labute approximate surface area is 182 Å². The number of benzene rings is 1. The molecule has 0 saturated heterocycles. The number of fused-ring (bicyclic) bond motifs is 1. The molecule has 32 heavy (non-hydrogen) atoms. The highest BCUT2D eigenvalue weighted by molar-refractivity contribution is 5.93. The number of carbonyl (C=O) groups is 1. The van der Waals surface area contributed by atoms with E-state index in [1.807, 2.05) is 10.8 Å². The van der Waals surface area contributed by atoms with Gasteiger partial charge in [0.15, 0.2) is 11.7 Å². The fourth-order valence-electron chi connectivity index (χ4n) is 3.71. The summed E-state index contributed by atoms with van der Waals surface area (Å²) in [5.41, 5.74) is 0.637. The van der Waals surface area contributed by atoms with Crippen LogP contribution in [0.15, 0.2) is 49.1 Å². The van der Waals surface area contributed by atoms with E-state index in [2.05, 4.69) is 20.7 Å². The SMILES string of the molecule is COc1ccc([C@@H]2C[C@@H](C(F)(F)F)n3nc(C(=O)NCCCn4ccnc4)cc3N2)cc1. The average Bonchev–Trinajstić information content (AvgIpc) is 3.45. The number of nitrogens with zero attached hydrogens (tertiary/aromatic N) is 4. The third-order valence-electron chi connectivity index (χ3n) is 5.38. The van der Waals surface area contributed by atoms with Crippen molar-refractivity contribution < 1.29 is 22.7 Å². The van der Waals surface area contributed by atoms with Crippen molar-refractivity contribution >= 4 is 11.7 Å². The molecule has 0 aliphatic carbocycles. The van der Waals surface area contributed by atoms with Gasteiger partial charge in [-0.15, -0.1) is 0 Å². The van der Waals surface area contributed by atoms with E-state index < -0.39 is 24.2 Å². The van der Waals surface area contributed by atoms with Crippen molar-refractivity contribution in [3.05, 3.63) is 60.3 Å². The molecule has 0 radical (unpaired) electrons. The summed E-state index contributed by atoms with van der Waals surface area (Å²) in [6, 6.07) is 5.80. The highest BCUT2D eigenvalue weighted by Gasteiger charge is 2.46. The minimum atomic E-state index is -4.51. The zero-order valence-electron chi connectivity index (χ0n) is 17.3. The van der Waals surface area contributed by atoms with Gasteiger partial charge in [-0.2, -0.15) is 18.3 Å². The molecule has 3 aromatic rings. The lowest BCUT2D eigenvalue weighted by molar-refractivity contribution is -0.173. The minimum absolute atomic E-state index is 0.0558. The van der Waals surface area contributed by atoms with Crippen molar-refractivity contribution in [3.63, 3.8) is 0 Å². The first-order chi connectivity index (χ1) is 15.3. The summed E-state index contributed by atoms with van der Waals surface area (Å²) >= 11 is 0. The van der Waals surface area contributed by atoms with Crippen LogP contribution >= 0.6 is 0 Å². The number of carbonyl (C=O) groups excluding carboxylic acids is 1. The maximum atomic E-state index is 13.8. The van der Waals surface area contributed by atoms with Crippen LogP contribution in [-0.2, 0) is 6.54 Å². The Morgan fingerprint density at radius 2 is 2.09 bits per heavy atom. The number of hydrogen-bond acceptors (Lipinski definition) is 5. The van der Waals surface area contributed by atoms with Crippen LogP contribution in [0.25, 0.3) is 0 Å². The number of aromatic nitrogens is 4. The second-order valence-corrected chi connectivity index (χ2v) is 7.53. The maximum absolute atomic E-state index is 13.8. The molecule has 0 unspecified atom stereocenters. The van der Waals surface area contributed by atoms with Gasteiger partial charge >= 0.3 is 6.18 Å². The summed E-state index contributed by atoms with van der Waals surface area (Å²) in [7, 11) is 1.52. The topological polar surface area (TPSA) is 86.0 Å². The van der Waals surface area contributed by atoms with Crippen molar-refractivity contribution in [1.82, 2.24) is 24.6 Å². The summed E-state index contributed by atoms with van der Waals surface area (Å²) in [4.78, 5) is 16.4. The summed E-state index contributed by atoms with van der Waals surface area (Å²) in [6.45, 7) is 1.03. The van der Waals surface area contributed by atoms with Gasteiger partial charge in [0.25, 0.3) is 5.91 Å². The van der Waals surface area contributed by atoms with Crippen LogP contribution in [0, 0.1) is 0 Å². The summed E-state index contributed by atoms with van der Waals surface area (Å²) in [5, 5.41) is 9.76. The van der Waals surface area contributed by atoms with Crippen LogP contribution in [-0.4, -0.2) is 45.1 Å². The molecule has 1 aliphatic heterocycles. The van der Waals surface area contributed by atoms with Crippen molar-refractivity contribution in [2.45, 2.75) is 37.6 Å². The number of rotatable bonds is 7. The van der Waals surface area contributed by atoms with Crippen LogP contribution in [0.4, 0.5) is 19.0 Å². The Hall–Kier alpha value is -3.50. The Kier molecular flexibility index (Phi) is 6.06. The smallest absolute Gasteiger partial charge is 0.410 e. The van der Waals surface area contributed by atoms with Crippen LogP contribution in [0.3, 0.4) is 0 Å². The van der Waals surface area contributed by atoms with Gasteiger partial charge in [-0.3, -0.25) is 4.79 Å². The van der Waals surface area contributed by atoms with Gasteiger partial charge in [0.05, 0.1) is 19.5 Å². The molecule has 2 N–H and O–H groups in total. The molecular weight excluding hydrogens is 425 g/mol. The number of amides is 1. The van der Waals surface area contributed by atoms with E-state index in [9.17, 15) is 18.0 Å². The molecule has 170 valence electrons. The first-order valence-corrected chi connectivity index (χ1v) is 10.2. The monoisotopic (exact) mass is 448 g/mol. The molecule has 11 heteroatoms. The second-order valence-electron chi connectivity index (χ2n) is 7.53. The lowest BCUT2D eigenvalue weighted by atomic mass is 9.97. The van der Waals surface area contributed by atoms with Crippen LogP contribution < -0.4 is 15.4 Å². The number of halogens is 3. The first-order valence-electron chi connectivity index (χ1n) is 10.2. The van der Waals surface area contributed by atoms with E-state index in [1.165, 1.54) is 13.2 Å². The largest absolute Gasteiger partial charge is 0.497 e. The molecule has 1 amide bonds. The number of imidazole rings is 1. The maximum Gasteiger partial charge on any atom is 0.410 e. The molecule has 1 aromatic carbocycles. The fraction of sp³-hybridized carbons (Fsp3) is 0.381. The number of alkyl halides is 3. The van der Waals surface area contributed by atoms with Gasteiger partial charge in [-0.05, 0) is 24.1 Å². The molecule has 0 saturated carbocycles. The minimum Gasteiger partial charge on any atom is -0.497 e. The van der Waals surface area contributed by atoms with Gasteiger partial charge in [0, 0.05) is 38.0 Å². The number of methoxy groups -OCH3 is 1. The van der Waals surface area contributed by atoms with Crippen molar-refractivity contribution in [2.75, 3.05) is 19.0 Å². The zero-order chi connectivity index (χ0) is 22.7. The highest BCUT2D eigenvalue weighted by atomic mass is 19.4. The number of aryl methyl sites for hydroxylation is 1. The Balaban J connectivity index is 1.47. The highest BCUT2D eigenvalue weighted by Crippen LogP contribution is 2.43. The Morgan fingerprint density at radius 1 is 1.31 bits per heavy atom. The van der Waals surface area contributed by atoms with Gasteiger partial charge in [0.1, 0.15) is 11.6 Å². The van der Waals surface area contributed by atoms with Crippen molar-refractivity contribution in [2.24, 2.45) is 0 Å². The molecule has 4 rings (SSSR count). The lowest BCUT2D eigenvalue weighted by Crippen LogP contribution is -2.35. The molecule has 2 aromatic heterocycles. The predicted molar refractivity (Wildman–Crippen MR) is 110 cm³/mol. The van der Waals surface area contributed by atoms with E-state index in [0.717, 1.165) is 4.68 Å². The van der Waals surface area contributed by atoms with Gasteiger partial charge in [-0.1, -0.05) is 12.1 Å². The first kappa shape index (κ1) is 21.7. The number of hydrogen-bond donors (Lipinski definition) is 2. The fourth-order valence-corrected chi connectivity index (χ4v) is 3.71. The second kappa shape index (κ2) is 8.93. The lowest BCUT2D eigenvalue weighted by Gasteiger charge is -2.33. The molecule has 0 fully saturated rings. The van der Waals surface area contributed by atoms with Crippen LogP contribution in [0.2, 0.25) is 0 Å². The molecule has 0 spiro atoms. The Morgan fingerprint density at radius 3 is 2.75 bits per heavy atom. The third kappa shape index (κ3) is 4.71. The van der Waals surface area contributed by atoms with E-state index in [1.54, 1.807) is 36.8 Å². The van der Waals surface area contributed by atoms with E-state index >= 15 is 0 Å². The number of anilines is 1. The molecular formula is C21H23F3N6O2. The third-order valence-corrected chi connectivity index (χ3v) is 5.38. The number of nitrogens with one attached hydrogen (secondary N) is 2. The molecule has 8 nitrogen and oxygen atoms in total. The molecule has 0 bridgehead atoms. The van der Waals surface area contributed by atoms with Gasteiger partial charge in [-0.25, -0.2) is 9.67 Å². The van der Waals surface area contributed by atoms with E-state index in [4.69, 9.17) is 4.74 Å².